The molecule has 1 atom stereocenters. The Labute approximate surface area is 91.2 Å². The second kappa shape index (κ2) is 4.48. The lowest BCUT2D eigenvalue weighted by Gasteiger charge is -2.27. The van der Waals surface area contributed by atoms with Gasteiger partial charge in [0.15, 0.2) is 6.61 Å². The van der Waals surface area contributed by atoms with Crippen LogP contribution in [-0.4, -0.2) is 30.8 Å². The molecule has 0 aromatic heterocycles. The van der Waals surface area contributed by atoms with Crippen molar-refractivity contribution in [2.45, 2.75) is 19.5 Å². The largest absolute Gasteiger partial charge is 0.487 e. The van der Waals surface area contributed by atoms with Crippen LogP contribution in [0.2, 0.25) is 0 Å². The number of nitrogens with zero attached hydrogens (tertiary/aromatic N) is 1. The molecule has 0 saturated carbocycles. The molecule has 15 heavy (non-hydrogen) atoms. The summed E-state index contributed by atoms with van der Waals surface area (Å²) in [7, 11) is 3.43. The fraction of sp³-hybridized carbons (Fsp3) is 0.600. The smallest absolute Gasteiger partial charge is 0.291 e. The standard InChI is InChI=1S/C10H16F2NOP/c1-7-8(2)13(3)5-4-9(7)14-6-10(11,12)15/h4H,5-6,15H2,1-3H3. The van der Waals surface area contributed by atoms with Crippen LogP contribution in [0.15, 0.2) is 23.1 Å². The first-order valence-corrected chi connectivity index (χ1v) is 5.27. The van der Waals surface area contributed by atoms with E-state index in [0.29, 0.717) is 12.3 Å². The SMILES string of the molecule is CC1=C(C)N(C)CC=C1OCC(F)(F)P. The lowest BCUT2D eigenvalue weighted by Crippen LogP contribution is -2.24. The molecule has 5 heteroatoms. The molecule has 1 unspecified atom stereocenters. The molecule has 0 amide bonds. The summed E-state index contributed by atoms with van der Waals surface area (Å²) in [6, 6.07) is 0. The molecule has 0 fully saturated rings. The van der Waals surface area contributed by atoms with Gasteiger partial charge in [-0.25, -0.2) is 0 Å². The number of hydrogen-bond acceptors (Lipinski definition) is 2. The van der Waals surface area contributed by atoms with Gasteiger partial charge in [0.05, 0.1) is 0 Å². The van der Waals surface area contributed by atoms with Crippen LogP contribution >= 0.6 is 9.24 Å². The van der Waals surface area contributed by atoms with E-state index in [2.05, 4.69) is 0 Å². The lowest BCUT2D eigenvalue weighted by molar-refractivity contribution is 0.0189. The number of ether oxygens (including phenoxy) is 1. The Morgan fingerprint density at radius 2 is 2.13 bits per heavy atom. The average Bonchev–Trinajstić information content (AvgIpc) is 2.12. The van der Waals surface area contributed by atoms with Crippen LogP contribution in [0.25, 0.3) is 0 Å². The highest BCUT2D eigenvalue weighted by Crippen LogP contribution is 2.27. The number of alkyl halides is 2. The first-order valence-electron chi connectivity index (χ1n) is 4.70. The predicted octanol–water partition coefficient (Wildman–Crippen LogP) is 2.59. The van der Waals surface area contributed by atoms with Crippen LogP contribution in [0.1, 0.15) is 13.8 Å². The summed E-state index contributed by atoms with van der Waals surface area (Å²) in [5.74, 6) is 0.563. The number of likely N-dealkylation sites (N-methyl/N-ethyl adjacent to an activating group) is 1. The second-order valence-corrected chi connectivity index (χ2v) is 4.55. The third kappa shape index (κ3) is 3.45. The molecular weight excluding hydrogens is 219 g/mol. The maximum Gasteiger partial charge on any atom is 0.291 e. The Hall–Kier alpha value is -0.630. The van der Waals surface area contributed by atoms with E-state index >= 15 is 0 Å². The zero-order valence-electron chi connectivity index (χ0n) is 9.18. The van der Waals surface area contributed by atoms with E-state index in [1.807, 2.05) is 31.9 Å². The summed E-state index contributed by atoms with van der Waals surface area (Å²) in [5.41, 5.74) is -0.893. The molecule has 0 saturated heterocycles. The van der Waals surface area contributed by atoms with Gasteiger partial charge in [0.2, 0.25) is 0 Å². The van der Waals surface area contributed by atoms with Gasteiger partial charge in [0.25, 0.3) is 5.66 Å². The van der Waals surface area contributed by atoms with E-state index in [9.17, 15) is 8.78 Å². The molecule has 0 aromatic rings. The minimum atomic E-state index is -2.86. The Morgan fingerprint density at radius 3 is 2.67 bits per heavy atom. The van der Waals surface area contributed by atoms with Gasteiger partial charge in [-0.3, -0.25) is 0 Å². The number of halogens is 2. The van der Waals surface area contributed by atoms with Gasteiger partial charge in [-0.05, 0) is 19.9 Å². The molecule has 2 nitrogen and oxygen atoms in total. The zero-order valence-corrected chi connectivity index (χ0v) is 10.3. The molecule has 0 bridgehead atoms. The van der Waals surface area contributed by atoms with Gasteiger partial charge >= 0.3 is 0 Å². The van der Waals surface area contributed by atoms with Crippen molar-refractivity contribution in [3.63, 3.8) is 0 Å². The molecule has 0 N–H and O–H groups in total. The van der Waals surface area contributed by atoms with Crippen LogP contribution < -0.4 is 0 Å². The van der Waals surface area contributed by atoms with Gasteiger partial charge in [0, 0.05) is 24.9 Å². The van der Waals surface area contributed by atoms with E-state index < -0.39 is 12.3 Å². The van der Waals surface area contributed by atoms with Gasteiger partial charge in [-0.1, -0.05) is 9.24 Å². The van der Waals surface area contributed by atoms with Crippen LogP contribution in [-0.2, 0) is 4.74 Å². The molecule has 1 heterocycles. The Balaban J connectivity index is 2.65. The normalized spacial score (nSPS) is 18.0. The molecule has 0 spiro atoms. The van der Waals surface area contributed by atoms with Crippen molar-refractivity contribution in [1.82, 2.24) is 4.90 Å². The van der Waals surface area contributed by atoms with Crippen molar-refractivity contribution in [1.29, 1.82) is 0 Å². The zero-order chi connectivity index (χ0) is 11.6. The van der Waals surface area contributed by atoms with Crippen molar-refractivity contribution in [2.24, 2.45) is 0 Å². The van der Waals surface area contributed by atoms with E-state index in [-0.39, 0.29) is 0 Å². The molecule has 1 aliphatic heterocycles. The second-order valence-electron chi connectivity index (χ2n) is 3.71. The van der Waals surface area contributed by atoms with Crippen molar-refractivity contribution in [3.8, 4) is 0 Å². The summed E-state index contributed by atoms with van der Waals surface area (Å²) < 4.78 is 30.2. The summed E-state index contributed by atoms with van der Waals surface area (Å²) >= 11 is 0. The van der Waals surface area contributed by atoms with Gasteiger partial charge in [-0.15, -0.1) is 0 Å². The molecule has 0 radical (unpaired) electrons. The molecule has 1 aliphatic rings. The highest BCUT2D eigenvalue weighted by molar-refractivity contribution is 7.18. The van der Waals surface area contributed by atoms with Gasteiger partial charge in [-0.2, -0.15) is 8.78 Å². The first kappa shape index (κ1) is 12.4. The van der Waals surface area contributed by atoms with Crippen molar-refractivity contribution < 1.29 is 13.5 Å². The minimum Gasteiger partial charge on any atom is -0.487 e. The third-order valence-corrected chi connectivity index (χ3v) is 2.62. The van der Waals surface area contributed by atoms with Crippen LogP contribution in [0.4, 0.5) is 8.78 Å². The first-order chi connectivity index (χ1) is 6.81. The molecule has 0 aromatic carbocycles. The lowest BCUT2D eigenvalue weighted by atomic mass is 10.1. The van der Waals surface area contributed by atoms with Crippen molar-refractivity contribution in [2.75, 3.05) is 20.2 Å². The summed E-state index contributed by atoms with van der Waals surface area (Å²) in [6.07, 6.45) is 1.82. The van der Waals surface area contributed by atoms with E-state index in [0.717, 1.165) is 11.3 Å². The fourth-order valence-electron chi connectivity index (χ4n) is 1.32. The van der Waals surface area contributed by atoms with E-state index in [4.69, 9.17) is 4.74 Å². The van der Waals surface area contributed by atoms with Gasteiger partial charge in [0.1, 0.15) is 5.76 Å². The van der Waals surface area contributed by atoms with Gasteiger partial charge < -0.3 is 9.64 Å². The summed E-state index contributed by atoms with van der Waals surface area (Å²) in [5, 5.41) is 0. The number of allylic oxidation sites excluding steroid dienone is 2. The molecule has 86 valence electrons. The van der Waals surface area contributed by atoms with E-state index in [1.54, 1.807) is 0 Å². The average molecular weight is 235 g/mol. The molecule has 0 aliphatic carbocycles. The maximum atomic E-state index is 12.6. The fourth-order valence-corrected chi connectivity index (χ4v) is 1.40. The predicted molar refractivity (Wildman–Crippen MR) is 59.7 cm³/mol. The molecule has 1 rings (SSSR count). The van der Waals surface area contributed by atoms with Crippen molar-refractivity contribution >= 4 is 9.24 Å². The topological polar surface area (TPSA) is 12.5 Å². The summed E-state index contributed by atoms with van der Waals surface area (Å²) in [4.78, 5) is 2.04. The van der Waals surface area contributed by atoms with E-state index in [1.165, 1.54) is 9.24 Å². The maximum absolute atomic E-state index is 12.6. The minimum absolute atomic E-state index is 0.563. The molecular formula is C10H16F2NOP. The van der Waals surface area contributed by atoms with Crippen molar-refractivity contribution in [3.05, 3.63) is 23.1 Å². The van der Waals surface area contributed by atoms with Crippen LogP contribution in [0, 0.1) is 0 Å². The summed E-state index contributed by atoms with van der Waals surface area (Å²) in [6.45, 7) is 3.92. The van der Waals surface area contributed by atoms with Crippen LogP contribution in [0.5, 0.6) is 0 Å². The Bertz CT molecular complexity index is 307. The number of hydrogen-bond donors (Lipinski definition) is 0. The number of rotatable bonds is 3. The highest BCUT2D eigenvalue weighted by Gasteiger charge is 2.24. The quantitative estimate of drug-likeness (QED) is 0.697. The highest BCUT2D eigenvalue weighted by atomic mass is 31.0. The van der Waals surface area contributed by atoms with Crippen LogP contribution in [0.3, 0.4) is 0 Å². The third-order valence-electron chi connectivity index (χ3n) is 2.46. The Morgan fingerprint density at radius 1 is 1.53 bits per heavy atom. The Kier molecular flexibility index (Phi) is 3.72. The monoisotopic (exact) mass is 235 g/mol.